The van der Waals surface area contributed by atoms with Crippen molar-refractivity contribution in [3.8, 4) is 0 Å². The molecule has 10 heavy (non-hydrogen) atoms. The zero-order chi connectivity index (χ0) is 7.23. The summed E-state index contributed by atoms with van der Waals surface area (Å²) < 4.78 is 10.2. The first-order chi connectivity index (χ1) is 4.93. The van der Waals surface area contributed by atoms with E-state index in [-0.39, 0.29) is 0 Å². The van der Waals surface area contributed by atoms with Crippen LogP contribution in [-0.4, -0.2) is 51.5 Å². The van der Waals surface area contributed by atoms with Crippen LogP contribution in [0.25, 0.3) is 0 Å². The molecule has 1 heterocycles. The molecule has 3 heteroatoms. The second kappa shape index (κ2) is 4.66. The quantitative estimate of drug-likeness (QED) is 0.556. The predicted molar refractivity (Wildman–Crippen MR) is 39.1 cm³/mol. The van der Waals surface area contributed by atoms with E-state index in [1.165, 1.54) is 0 Å². The molecule has 1 aliphatic heterocycles. The molecule has 0 amide bonds. The predicted octanol–water partition coefficient (Wildman–Crippen LogP) is -0.0350. The second-order valence-electron chi connectivity index (χ2n) is 2.45. The fourth-order valence-electron chi connectivity index (χ4n) is 1.05. The van der Waals surface area contributed by atoms with Crippen molar-refractivity contribution in [2.75, 3.05) is 46.6 Å². The molecule has 0 spiro atoms. The number of nitrogens with zero attached hydrogens (tertiary/aromatic N) is 1. The fourth-order valence-corrected chi connectivity index (χ4v) is 1.05. The largest absolute Gasteiger partial charge is 0.383 e. The molecule has 1 rings (SSSR count). The summed E-state index contributed by atoms with van der Waals surface area (Å²) in [5.74, 6) is 0. The molecule has 0 aromatic heterocycles. The van der Waals surface area contributed by atoms with Crippen LogP contribution in [0.4, 0.5) is 0 Å². The Bertz CT molecular complexity index is 81.7. The molecule has 0 N–H and O–H groups in total. The van der Waals surface area contributed by atoms with Gasteiger partial charge in [0.05, 0.1) is 19.8 Å². The van der Waals surface area contributed by atoms with E-state index in [1.807, 2.05) is 0 Å². The maximum Gasteiger partial charge on any atom is 0.0594 e. The van der Waals surface area contributed by atoms with Crippen molar-refractivity contribution >= 4 is 0 Å². The lowest BCUT2D eigenvalue weighted by molar-refractivity contribution is 0.0263. The molecule has 0 bridgehead atoms. The van der Waals surface area contributed by atoms with Gasteiger partial charge in [-0.1, -0.05) is 0 Å². The number of hydrogen-bond acceptors (Lipinski definition) is 3. The summed E-state index contributed by atoms with van der Waals surface area (Å²) in [4.78, 5) is 2.35. The van der Waals surface area contributed by atoms with E-state index in [9.17, 15) is 0 Å². The first-order valence-electron chi connectivity index (χ1n) is 3.72. The first-order valence-corrected chi connectivity index (χ1v) is 3.72. The summed E-state index contributed by atoms with van der Waals surface area (Å²) in [5.41, 5.74) is 0. The average Bonchev–Trinajstić information content (AvgIpc) is 2.03. The van der Waals surface area contributed by atoms with Crippen LogP contribution in [0, 0.1) is 0 Å². The molecule has 0 atom stereocenters. The summed E-state index contributed by atoms with van der Waals surface area (Å²) in [6, 6.07) is 0. The van der Waals surface area contributed by atoms with Crippen LogP contribution >= 0.6 is 0 Å². The molecule has 0 saturated carbocycles. The highest BCUT2D eigenvalue weighted by molar-refractivity contribution is 4.60. The minimum absolute atomic E-state index is 0.833. The topological polar surface area (TPSA) is 21.7 Å². The minimum Gasteiger partial charge on any atom is -0.383 e. The maximum absolute atomic E-state index is 5.20. The van der Waals surface area contributed by atoms with E-state index in [2.05, 4.69) is 4.90 Å². The van der Waals surface area contributed by atoms with Crippen molar-refractivity contribution in [3.63, 3.8) is 0 Å². The second-order valence-corrected chi connectivity index (χ2v) is 2.45. The SMILES string of the molecule is COCCN1CCOCC1. The molecular weight excluding hydrogens is 130 g/mol. The monoisotopic (exact) mass is 145 g/mol. The zero-order valence-corrected chi connectivity index (χ0v) is 6.51. The van der Waals surface area contributed by atoms with Crippen LogP contribution in [0.3, 0.4) is 0 Å². The normalized spacial score (nSPS) is 21.3. The average molecular weight is 145 g/mol. The van der Waals surface area contributed by atoms with Gasteiger partial charge in [0, 0.05) is 26.7 Å². The molecule has 1 fully saturated rings. The van der Waals surface area contributed by atoms with Crippen molar-refractivity contribution in [1.29, 1.82) is 0 Å². The molecular formula is C7H15NO2. The van der Waals surface area contributed by atoms with E-state index in [1.54, 1.807) is 7.11 Å². The first kappa shape index (κ1) is 7.98. The highest BCUT2D eigenvalue weighted by Crippen LogP contribution is 1.94. The van der Waals surface area contributed by atoms with E-state index in [0.29, 0.717) is 0 Å². The lowest BCUT2D eigenvalue weighted by atomic mass is 10.4. The molecule has 0 aliphatic carbocycles. The smallest absolute Gasteiger partial charge is 0.0594 e. The Morgan fingerprint density at radius 2 is 2.10 bits per heavy atom. The molecule has 1 aliphatic rings. The Balaban J connectivity index is 2.02. The highest BCUT2D eigenvalue weighted by Gasteiger charge is 2.08. The van der Waals surface area contributed by atoms with Crippen molar-refractivity contribution in [3.05, 3.63) is 0 Å². The summed E-state index contributed by atoms with van der Waals surface area (Å²) in [6.45, 7) is 5.75. The van der Waals surface area contributed by atoms with Gasteiger partial charge in [-0.2, -0.15) is 0 Å². The lowest BCUT2D eigenvalue weighted by Crippen LogP contribution is -2.38. The third-order valence-electron chi connectivity index (χ3n) is 1.72. The highest BCUT2D eigenvalue weighted by atomic mass is 16.5. The van der Waals surface area contributed by atoms with Gasteiger partial charge in [0.25, 0.3) is 0 Å². The van der Waals surface area contributed by atoms with Crippen LogP contribution < -0.4 is 0 Å². The van der Waals surface area contributed by atoms with Crippen molar-refractivity contribution in [1.82, 2.24) is 4.90 Å². The molecule has 0 aromatic rings. The van der Waals surface area contributed by atoms with Crippen LogP contribution in [0.15, 0.2) is 0 Å². The summed E-state index contributed by atoms with van der Waals surface area (Å²) in [5, 5.41) is 0. The Hall–Kier alpha value is -0.120. The Labute approximate surface area is 61.9 Å². The number of hydrogen-bond donors (Lipinski definition) is 0. The number of methoxy groups -OCH3 is 1. The van der Waals surface area contributed by atoms with Crippen LogP contribution in [0.2, 0.25) is 0 Å². The van der Waals surface area contributed by atoms with Crippen molar-refractivity contribution in [2.24, 2.45) is 0 Å². The number of ether oxygens (including phenoxy) is 2. The molecule has 3 nitrogen and oxygen atoms in total. The van der Waals surface area contributed by atoms with Gasteiger partial charge in [0.1, 0.15) is 0 Å². The van der Waals surface area contributed by atoms with Crippen LogP contribution in [-0.2, 0) is 9.47 Å². The van der Waals surface area contributed by atoms with Crippen LogP contribution in [0.5, 0.6) is 0 Å². The van der Waals surface area contributed by atoms with Gasteiger partial charge >= 0.3 is 0 Å². The zero-order valence-electron chi connectivity index (χ0n) is 6.51. The van der Waals surface area contributed by atoms with E-state index < -0.39 is 0 Å². The molecule has 60 valence electrons. The maximum atomic E-state index is 5.20. The van der Waals surface area contributed by atoms with Gasteiger partial charge in [0.2, 0.25) is 0 Å². The van der Waals surface area contributed by atoms with Crippen molar-refractivity contribution < 1.29 is 9.47 Å². The molecule has 0 unspecified atom stereocenters. The number of morpholine rings is 1. The van der Waals surface area contributed by atoms with Gasteiger partial charge in [-0.3, -0.25) is 4.90 Å². The molecule has 0 aromatic carbocycles. The fraction of sp³-hybridized carbons (Fsp3) is 1.00. The van der Waals surface area contributed by atoms with Gasteiger partial charge < -0.3 is 9.47 Å². The lowest BCUT2D eigenvalue weighted by Gasteiger charge is -2.25. The van der Waals surface area contributed by atoms with Gasteiger partial charge in [-0.05, 0) is 0 Å². The Morgan fingerprint density at radius 1 is 1.40 bits per heavy atom. The third kappa shape index (κ3) is 2.64. The van der Waals surface area contributed by atoms with Gasteiger partial charge in [-0.25, -0.2) is 0 Å². The Kier molecular flexibility index (Phi) is 3.72. The Morgan fingerprint density at radius 3 is 2.70 bits per heavy atom. The minimum atomic E-state index is 0.833. The summed E-state index contributed by atoms with van der Waals surface area (Å²) in [7, 11) is 1.74. The van der Waals surface area contributed by atoms with E-state index >= 15 is 0 Å². The van der Waals surface area contributed by atoms with E-state index in [0.717, 1.165) is 39.5 Å². The third-order valence-corrected chi connectivity index (χ3v) is 1.72. The van der Waals surface area contributed by atoms with Gasteiger partial charge in [0.15, 0.2) is 0 Å². The van der Waals surface area contributed by atoms with Crippen LogP contribution in [0.1, 0.15) is 0 Å². The standard InChI is InChI=1S/C7H15NO2/c1-9-5-2-8-3-6-10-7-4-8/h2-7H2,1H3. The van der Waals surface area contributed by atoms with Crippen molar-refractivity contribution in [2.45, 2.75) is 0 Å². The molecule has 0 radical (unpaired) electrons. The summed E-state index contributed by atoms with van der Waals surface area (Å²) >= 11 is 0. The van der Waals surface area contributed by atoms with Gasteiger partial charge in [-0.15, -0.1) is 0 Å². The number of rotatable bonds is 3. The summed E-state index contributed by atoms with van der Waals surface area (Å²) in [6.07, 6.45) is 0. The molecule has 1 saturated heterocycles. The van der Waals surface area contributed by atoms with E-state index in [4.69, 9.17) is 9.47 Å².